The van der Waals surface area contributed by atoms with Crippen molar-refractivity contribution < 1.29 is 36.4 Å². The molecule has 12 heteroatoms. The molecule has 139 valence electrons. The van der Waals surface area contributed by atoms with Gasteiger partial charge in [-0.1, -0.05) is 18.2 Å². The Bertz CT molecular complexity index is 845. The summed E-state index contributed by atoms with van der Waals surface area (Å²) in [6.45, 7) is 0. The summed E-state index contributed by atoms with van der Waals surface area (Å²) < 4.78 is 66.0. The molecule has 0 spiro atoms. The van der Waals surface area contributed by atoms with Crippen molar-refractivity contribution in [1.29, 1.82) is 0 Å². The fourth-order valence-electron chi connectivity index (χ4n) is 1.84. The van der Waals surface area contributed by atoms with Gasteiger partial charge >= 0.3 is 12.3 Å². The molecular weight excluding hydrogens is 390 g/mol. The number of hydrogen-bond donors (Lipinski definition) is 1. The van der Waals surface area contributed by atoms with E-state index < -0.39 is 34.6 Å². The van der Waals surface area contributed by atoms with E-state index in [0.29, 0.717) is 6.07 Å². The number of nitrogens with one attached hydrogen (secondary N) is 1. The Hall–Kier alpha value is -2.24. The average molecular weight is 399 g/mol. The average Bonchev–Trinajstić information content (AvgIpc) is 2.54. The van der Waals surface area contributed by atoms with E-state index >= 15 is 0 Å². The fraction of sp³-hybridized carbons (Fsp3) is 0.133. The molecule has 2 aromatic rings. The van der Waals surface area contributed by atoms with Crippen LogP contribution in [0.3, 0.4) is 0 Å². The Balaban J connectivity index is 0.00000364. The maximum Gasteiger partial charge on any atom is 0.499 e. The first-order valence-corrected chi connectivity index (χ1v) is 6.79. The number of ether oxygens (including phenoxy) is 1. The van der Waals surface area contributed by atoms with Crippen LogP contribution in [0.5, 0.6) is 5.75 Å². The number of alkyl halides is 5. The van der Waals surface area contributed by atoms with E-state index in [1.807, 2.05) is 0 Å². The zero-order chi connectivity index (χ0) is 19.5. The minimum absolute atomic E-state index is 0. The zero-order valence-electron chi connectivity index (χ0n) is 13.6. The standard InChI is InChI=1S/C15H9F5N2O4.Na/c16-14(17,18)15(19,20)26-10-5-3-4-9(8-10)13(23)21-11-6-1-2-7-12(11)22(24)25;/h1-8H,(H,21,23);. The Labute approximate surface area is 170 Å². The summed E-state index contributed by atoms with van der Waals surface area (Å²) >= 11 is 0. The van der Waals surface area contributed by atoms with Crippen LogP contribution in [0.15, 0.2) is 48.5 Å². The van der Waals surface area contributed by atoms with Crippen molar-refractivity contribution in [3.63, 3.8) is 0 Å². The SMILES string of the molecule is O=C(Nc1ccccc1[N+](=O)[O-])c1cccc(OC(F)(F)C(F)(F)F)c1.[Na]. The van der Waals surface area contributed by atoms with Gasteiger partial charge in [-0.25, -0.2) is 0 Å². The normalized spacial score (nSPS) is 11.3. The summed E-state index contributed by atoms with van der Waals surface area (Å²) in [5.74, 6) is -1.86. The molecule has 0 unspecified atom stereocenters. The molecule has 0 aromatic heterocycles. The van der Waals surface area contributed by atoms with Crippen molar-refractivity contribution in [1.82, 2.24) is 0 Å². The van der Waals surface area contributed by atoms with E-state index in [-0.39, 0.29) is 40.8 Å². The van der Waals surface area contributed by atoms with Crippen molar-refractivity contribution in [2.75, 3.05) is 5.32 Å². The monoisotopic (exact) mass is 399 g/mol. The molecule has 0 aliphatic heterocycles. The van der Waals surface area contributed by atoms with Gasteiger partial charge in [-0.15, -0.1) is 0 Å². The van der Waals surface area contributed by atoms with Gasteiger partial charge < -0.3 is 10.1 Å². The summed E-state index contributed by atoms with van der Waals surface area (Å²) in [5, 5.41) is 13.1. The molecule has 2 aromatic carbocycles. The second-order valence-electron chi connectivity index (χ2n) is 4.87. The predicted molar refractivity (Wildman–Crippen MR) is 84.9 cm³/mol. The topological polar surface area (TPSA) is 81.5 Å². The molecule has 0 aliphatic rings. The largest absolute Gasteiger partial charge is 0.499 e. The third-order valence-corrected chi connectivity index (χ3v) is 3.02. The van der Waals surface area contributed by atoms with Crippen LogP contribution in [0.2, 0.25) is 0 Å². The first-order valence-electron chi connectivity index (χ1n) is 6.79. The van der Waals surface area contributed by atoms with Crippen LogP contribution in [0.25, 0.3) is 0 Å². The van der Waals surface area contributed by atoms with E-state index in [2.05, 4.69) is 10.1 Å². The minimum atomic E-state index is -5.93. The van der Waals surface area contributed by atoms with Gasteiger partial charge in [0.25, 0.3) is 11.6 Å². The number of anilines is 1. The second kappa shape index (κ2) is 8.63. The quantitative estimate of drug-likeness (QED) is 0.357. The molecule has 0 atom stereocenters. The Morgan fingerprint density at radius 1 is 1.04 bits per heavy atom. The molecule has 0 heterocycles. The molecule has 1 N–H and O–H groups in total. The van der Waals surface area contributed by atoms with Crippen LogP contribution < -0.4 is 10.1 Å². The molecule has 2 rings (SSSR count). The maximum absolute atomic E-state index is 12.9. The van der Waals surface area contributed by atoms with Gasteiger partial charge in [0.15, 0.2) is 0 Å². The predicted octanol–water partition coefficient (Wildman–Crippen LogP) is 4.00. The number of benzene rings is 2. The van der Waals surface area contributed by atoms with Crippen LogP contribution in [0, 0.1) is 10.1 Å². The number of nitro groups is 1. The van der Waals surface area contributed by atoms with Crippen LogP contribution in [-0.2, 0) is 0 Å². The molecule has 0 fully saturated rings. The number of hydrogen-bond acceptors (Lipinski definition) is 4. The van der Waals surface area contributed by atoms with Gasteiger partial charge in [0.2, 0.25) is 0 Å². The number of amides is 1. The molecule has 0 saturated heterocycles. The van der Waals surface area contributed by atoms with Gasteiger partial charge in [-0.3, -0.25) is 14.9 Å². The summed E-state index contributed by atoms with van der Waals surface area (Å²) in [6.07, 6.45) is -11.4. The third-order valence-electron chi connectivity index (χ3n) is 3.02. The molecule has 0 saturated carbocycles. The molecule has 1 amide bonds. The Kier molecular flexibility index (Phi) is 7.29. The second-order valence-corrected chi connectivity index (χ2v) is 4.87. The minimum Gasteiger partial charge on any atom is -0.426 e. The van der Waals surface area contributed by atoms with Crippen molar-refractivity contribution in [2.45, 2.75) is 12.3 Å². The van der Waals surface area contributed by atoms with Crippen LogP contribution in [-0.4, -0.2) is 52.7 Å². The molecule has 0 aliphatic carbocycles. The number of para-hydroxylation sites is 2. The fourth-order valence-corrected chi connectivity index (χ4v) is 1.84. The summed E-state index contributed by atoms with van der Waals surface area (Å²) in [6, 6.07) is 8.73. The van der Waals surface area contributed by atoms with Crippen molar-refractivity contribution >= 4 is 46.8 Å². The van der Waals surface area contributed by atoms with Gasteiger partial charge in [-0.05, 0) is 24.3 Å². The first-order chi connectivity index (χ1) is 12.0. The van der Waals surface area contributed by atoms with Crippen molar-refractivity contribution in [3.8, 4) is 5.75 Å². The molecular formula is C15H9F5N2NaO4. The van der Waals surface area contributed by atoms with E-state index in [4.69, 9.17) is 0 Å². The van der Waals surface area contributed by atoms with Crippen LogP contribution >= 0.6 is 0 Å². The molecule has 1 radical (unpaired) electrons. The number of nitrogens with zero attached hydrogens (tertiary/aromatic N) is 1. The van der Waals surface area contributed by atoms with Gasteiger partial charge in [0.05, 0.1) is 4.92 Å². The smallest absolute Gasteiger partial charge is 0.426 e. The number of nitro benzene ring substituents is 1. The summed E-state index contributed by atoms with van der Waals surface area (Å²) in [5.41, 5.74) is -0.926. The first kappa shape index (κ1) is 22.8. The third kappa shape index (κ3) is 5.62. The zero-order valence-corrected chi connectivity index (χ0v) is 15.6. The van der Waals surface area contributed by atoms with Crippen LogP contribution in [0.4, 0.5) is 33.3 Å². The number of rotatable bonds is 5. The van der Waals surface area contributed by atoms with E-state index in [9.17, 15) is 36.9 Å². The number of carbonyl (C=O) groups is 1. The molecule has 27 heavy (non-hydrogen) atoms. The van der Waals surface area contributed by atoms with Crippen molar-refractivity contribution in [2.24, 2.45) is 0 Å². The van der Waals surface area contributed by atoms with Gasteiger partial charge in [-0.2, -0.15) is 22.0 Å². The number of carbonyl (C=O) groups excluding carboxylic acids is 1. The van der Waals surface area contributed by atoms with Gasteiger partial charge in [0.1, 0.15) is 11.4 Å². The maximum atomic E-state index is 12.9. The summed E-state index contributed by atoms with van der Waals surface area (Å²) in [4.78, 5) is 22.2. The van der Waals surface area contributed by atoms with E-state index in [1.54, 1.807) is 0 Å². The van der Waals surface area contributed by atoms with Crippen molar-refractivity contribution in [3.05, 3.63) is 64.2 Å². The van der Waals surface area contributed by atoms with Crippen LogP contribution in [0.1, 0.15) is 10.4 Å². The Morgan fingerprint density at radius 2 is 1.67 bits per heavy atom. The summed E-state index contributed by atoms with van der Waals surface area (Å²) in [7, 11) is 0. The molecule has 0 bridgehead atoms. The molecule has 6 nitrogen and oxygen atoms in total. The Morgan fingerprint density at radius 3 is 2.26 bits per heavy atom. The number of halogens is 5. The van der Waals surface area contributed by atoms with E-state index in [1.165, 1.54) is 18.2 Å². The van der Waals surface area contributed by atoms with Gasteiger partial charge in [0, 0.05) is 41.2 Å². The van der Waals surface area contributed by atoms with E-state index in [0.717, 1.165) is 24.3 Å².